The summed E-state index contributed by atoms with van der Waals surface area (Å²) in [4.78, 5) is 21.3. The van der Waals surface area contributed by atoms with Gasteiger partial charge in [-0.15, -0.1) is 0 Å². The van der Waals surface area contributed by atoms with E-state index in [-0.39, 0.29) is 11.1 Å². The third-order valence-corrected chi connectivity index (χ3v) is 4.72. The predicted molar refractivity (Wildman–Crippen MR) is 83.7 cm³/mol. The van der Waals surface area contributed by atoms with Gasteiger partial charge in [-0.25, -0.2) is 4.98 Å². The maximum atomic E-state index is 12.5. The third kappa shape index (κ3) is 2.82. The van der Waals surface area contributed by atoms with Crippen LogP contribution in [-0.2, 0) is 0 Å². The van der Waals surface area contributed by atoms with E-state index in [1.54, 1.807) is 6.20 Å². The highest BCUT2D eigenvalue weighted by molar-refractivity contribution is 5.36. The van der Waals surface area contributed by atoms with Gasteiger partial charge in [0.05, 0.1) is 0 Å². The normalized spacial score (nSPS) is 20.8. The first-order valence-electron chi connectivity index (χ1n) is 7.80. The highest BCUT2D eigenvalue weighted by Gasteiger charge is 2.31. The summed E-state index contributed by atoms with van der Waals surface area (Å²) in [7, 11) is 0. The molecule has 1 saturated carbocycles. The van der Waals surface area contributed by atoms with Gasteiger partial charge in [0.1, 0.15) is 0 Å². The SMILES string of the molecule is CC(C)(CN)N1CCN(c2nccn(C3CC3)c2=O)CC1. The molecule has 2 fully saturated rings. The van der Waals surface area contributed by atoms with Crippen LogP contribution in [0.15, 0.2) is 17.2 Å². The number of rotatable bonds is 4. The van der Waals surface area contributed by atoms with Crippen molar-refractivity contribution in [2.24, 2.45) is 5.73 Å². The Kier molecular flexibility index (Phi) is 3.75. The van der Waals surface area contributed by atoms with Crippen molar-refractivity contribution < 1.29 is 0 Å². The fourth-order valence-electron chi connectivity index (χ4n) is 2.92. The fraction of sp³-hybridized carbons (Fsp3) is 0.733. The smallest absolute Gasteiger partial charge is 0.293 e. The van der Waals surface area contributed by atoms with E-state index < -0.39 is 0 Å². The first-order valence-corrected chi connectivity index (χ1v) is 7.80. The molecule has 1 aliphatic carbocycles. The van der Waals surface area contributed by atoms with Gasteiger partial charge in [0.2, 0.25) is 0 Å². The van der Waals surface area contributed by atoms with E-state index in [0.717, 1.165) is 39.0 Å². The zero-order chi connectivity index (χ0) is 15.0. The number of aromatic nitrogens is 2. The number of nitrogens with zero attached hydrogens (tertiary/aromatic N) is 4. The van der Waals surface area contributed by atoms with Crippen molar-refractivity contribution in [2.45, 2.75) is 38.3 Å². The minimum absolute atomic E-state index is 0.0183. The second-order valence-electron chi connectivity index (χ2n) is 6.69. The summed E-state index contributed by atoms with van der Waals surface area (Å²) in [6.45, 7) is 8.49. The molecule has 0 amide bonds. The van der Waals surface area contributed by atoms with Gasteiger partial charge in [-0.1, -0.05) is 0 Å². The molecule has 6 nitrogen and oxygen atoms in total. The Morgan fingerprint density at radius 1 is 1.29 bits per heavy atom. The van der Waals surface area contributed by atoms with Gasteiger partial charge in [0.15, 0.2) is 5.82 Å². The van der Waals surface area contributed by atoms with Crippen LogP contribution in [-0.4, -0.2) is 52.7 Å². The molecule has 0 atom stereocenters. The van der Waals surface area contributed by atoms with Crippen molar-refractivity contribution in [1.29, 1.82) is 0 Å². The second-order valence-corrected chi connectivity index (χ2v) is 6.69. The van der Waals surface area contributed by atoms with Crippen molar-refractivity contribution in [1.82, 2.24) is 14.5 Å². The van der Waals surface area contributed by atoms with Gasteiger partial charge in [-0.05, 0) is 26.7 Å². The summed E-state index contributed by atoms with van der Waals surface area (Å²) < 4.78 is 1.85. The number of anilines is 1. The van der Waals surface area contributed by atoms with Crippen molar-refractivity contribution in [3.05, 3.63) is 22.7 Å². The summed E-state index contributed by atoms with van der Waals surface area (Å²) in [5.74, 6) is 0.606. The molecular formula is C15H25N5O. The Morgan fingerprint density at radius 2 is 1.95 bits per heavy atom. The van der Waals surface area contributed by atoms with Gasteiger partial charge >= 0.3 is 0 Å². The Balaban J connectivity index is 1.73. The molecule has 116 valence electrons. The Labute approximate surface area is 125 Å². The highest BCUT2D eigenvalue weighted by Crippen LogP contribution is 2.33. The van der Waals surface area contributed by atoms with Crippen LogP contribution in [0.4, 0.5) is 5.82 Å². The highest BCUT2D eigenvalue weighted by atomic mass is 16.1. The van der Waals surface area contributed by atoms with Crippen molar-refractivity contribution >= 4 is 5.82 Å². The predicted octanol–water partition coefficient (Wildman–Crippen LogP) is 0.438. The maximum absolute atomic E-state index is 12.5. The number of hydrogen-bond donors (Lipinski definition) is 1. The second kappa shape index (κ2) is 5.42. The largest absolute Gasteiger partial charge is 0.349 e. The molecule has 1 aromatic rings. The van der Waals surface area contributed by atoms with Crippen molar-refractivity contribution in [3.8, 4) is 0 Å². The molecule has 1 saturated heterocycles. The van der Waals surface area contributed by atoms with Crippen LogP contribution in [0, 0.1) is 0 Å². The van der Waals surface area contributed by atoms with E-state index in [2.05, 4.69) is 28.6 Å². The van der Waals surface area contributed by atoms with Gasteiger partial charge in [0, 0.05) is 56.7 Å². The van der Waals surface area contributed by atoms with Crippen LogP contribution in [0.5, 0.6) is 0 Å². The molecule has 0 unspecified atom stereocenters. The van der Waals surface area contributed by atoms with Gasteiger partial charge < -0.3 is 15.2 Å². The molecule has 2 heterocycles. The van der Waals surface area contributed by atoms with Crippen molar-refractivity contribution in [3.63, 3.8) is 0 Å². The molecule has 2 N–H and O–H groups in total. The third-order valence-electron chi connectivity index (χ3n) is 4.72. The molecule has 0 spiro atoms. The lowest BCUT2D eigenvalue weighted by molar-refractivity contribution is 0.119. The van der Waals surface area contributed by atoms with Gasteiger partial charge in [-0.3, -0.25) is 9.69 Å². The summed E-state index contributed by atoms with van der Waals surface area (Å²) in [6, 6.07) is 0.400. The summed E-state index contributed by atoms with van der Waals surface area (Å²) in [6.07, 6.45) is 5.80. The Bertz CT molecular complexity index is 555. The lowest BCUT2D eigenvalue weighted by Crippen LogP contribution is -2.58. The molecular weight excluding hydrogens is 266 g/mol. The van der Waals surface area contributed by atoms with Crippen LogP contribution in [0.1, 0.15) is 32.7 Å². The van der Waals surface area contributed by atoms with Crippen LogP contribution >= 0.6 is 0 Å². The standard InChI is InChI=1S/C15H25N5O/c1-15(2,11-16)19-9-7-18(8-10-19)13-14(21)20(6-5-17-13)12-3-4-12/h5-6,12H,3-4,7-11,16H2,1-2H3. The van der Waals surface area contributed by atoms with E-state index >= 15 is 0 Å². The van der Waals surface area contributed by atoms with Gasteiger partial charge in [0.25, 0.3) is 5.56 Å². The monoisotopic (exact) mass is 291 g/mol. The van der Waals surface area contributed by atoms with E-state index in [1.807, 2.05) is 10.8 Å². The van der Waals surface area contributed by atoms with Crippen molar-refractivity contribution in [2.75, 3.05) is 37.6 Å². The number of nitrogens with two attached hydrogens (primary N) is 1. The van der Waals surface area contributed by atoms with Crippen LogP contribution in [0.3, 0.4) is 0 Å². The van der Waals surface area contributed by atoms with E-state index in [4.69, 9.17) is 5.73 Å². The molecule has 21 heavy (non-hydrogen) atoms. The summed E-state index contributed by atoms with van der Waals surface area (Å²) in [5, 5.41) is 0. The summed E-state index contributed by atoms with van der Waals surface area (Å²) >= 11 is 0. The molecule has 2 aliphatic rings. The van der Waals surface area contributed by atoms with Gasteiger partial charge in [-0.2, -0.15) is 0 Å². The Hall–Kier alpha value is -1.40. The van der Waals surface area contributed by atoms with E-state index in [0.29, 0.717) is 18.4 Å². The lowest BCUT2D eigenvalue weighted by atomic mass is 10.0. The summed E-state index contributed by atoms with van der Waals surface area (Å²) in [5.41, 5.74) is 5.93. The molecule has 0 bridgehead atoms. The average Bonchev–Trinajstić information content (AvgIpc) is 3.32. The molecule has 6 heteroatoms. The molecule has 0 radical (unpaired) electrons. The minimum Gasteiger partial charge on any atom is -0.349 e. The van der Waals surface area contributed by atoms with Crippen LogP contribution in [0.2, 0.25) is 0 Å². The molecule has 1 aliphatic heterocycles. The topological polar surface area (TPSA) is 67.4 Å². The lowest BCUT2D eigenvalue weighted by Gasteiger charge is -2.43. The number of hydrogen-bond acceptors (Lipinski definition) is 5. The molecule has 1 aromatic heterocycles. The Morgan fingerprint density at radius 3 is 2.52 bits per heavy atom. The van der Waals surface area contributed by atoms with Crippen LogP contribution < -0.4 is 16.2 Å². The minimum atomic E-state index is 0.0183. The fourth-order valence-corrected chi connectivity index (χ4v) is 2.92. The number of piperazine rings is 1. The average molecular weight is 291 g/mol. The van der Waals surface area contributed by atoms with E-state index in [9.17, 15) is 4.79 Å². The maximum Gasteiger partial charge on any atom is 0.293 e. The quantitative estimate of drug-likeness (QED) is 0.872. The zero-order valence-corrected chi connectivity index (χ0v) is 13.0. The van der Waals surface area contributed by atoms with Crippen LogP contribution in [0.25, 0.3) is 0 Å². The molecule has 0 aromatic carbocycles. The first-order chi connectivity index (χ1) is 10.0. The molecule has 3 rings (SSSR count). The zero-order valence-electron chi connectivity index (χ0n) is 13.0. The van der Waals surface area contributed by atoms with E-state index in [1.165, 1.54) is 0 Å². The first kappa shape index (κ1) is 14.5.